The first kappa shape index (κ1) is 54.1. The highest BCUT2D eigenvalue weighted by molar-refractivity contribution is 7.47. The molecule has 4 atom stereocenters. The van der Waals surface area contributed by atoms with Crippen LogP contribution in [0.3, 0.4) is 0 Å². The number of hydrogen-bond acceptors (Lipinski definition) is 10. The third-order valence-electron chi connectivity index (χ3n) is 8.94. The normalized spacial score (nSPS) is 14.9. The molecule has 0 rings (SSSR count). The summed E-state index contributed by atoms with van der Waals surface area (Å²) in [6.45, 7) is 2.40. The zero-order valence-corrected chi connectivity index (χ0v) is 35.9. The lowest BCUT2D eigenvalue weighted by molar-refractivity contribution is -0.161. The first-order chi connectivity index (χ1) is 27.5. The van der Waals surface area contributed by atoms with Gasteiger partial charge in [-0.3, -0.25) is 23.4 Å². The molecule has 0 saturated heterocycles. The van der Waals surface area contributed by atoms with Gasteiger partial charge in [-0.25, -0.2) is 4.57 Å². The highest BCUT2D eigenvalue weighted by Crippen LogP contribution is 2.43. The largest absolute Gasteiger partial charge is 0.480 e. The smallest absolute Gasteiger partial charge is 0.472 e. The molecule has 0 aliphatic heterocycles. The number of nitrogens with two attached hydrogens (primary N) is 1. The molecule has 0 saturated carbocycles. The number of carbonyl (C=O) groups excluding carboxylic acids is 2. The lowest BCUT2D eigenvalue weighted by atomic mass is 10.0. The van der Waals surface area contributed by atoms with Crippen molar-refractivity contribution < 1.29 is 52.6 Å². The summed E-state index contributed by atoms with van der Waals surface area (Å²) in [5.41, 5.74) is 5.32. The fourth-order valence-corrected chi connectivity index (χ4v) is 6.18. The minimum Gasteiger partial charge on any atom is -0.480 e. The molecule has 0 heterocycles. The number of carbonyl (C=O) groups is 3. The number of aliphatic hydroxyl groups is 1. The molecular weight excluding hydrogens is 749 g/mol. The van der Waals surface area contributed by atoms with Gasteiger partial charge in [0.2, 0.25) is 0 Å². The van der Waals surface area contributed by atoms with Gasteiger partial charge in [-0.05, 0) is 44.9 Å². The number of esters is 2. The van der Waals surface area contributed by atoms with E-state index in [9.17, 15) is 28.9 Å². The van der Waals surface area contributed by atoms with Crippen LogP contribution >= 0.6 is 7.82 Å². The number of rotatable bonds is 39. The second-order valence-corrected chi connectivity index (χ2v) is 15.8. The van der Waals surface area contributed by atoms with Crippen LogP contribution in [0.25, 0.3) is 0 Å². The van der Waals surface area contributed by atoms with E-state index in [0.717, 1.165) is 38.5 Å². The number of unbranched alkanes of at least 4 members (excludes halogenated alkanes) is 15. The van der Waals surface area contributed by atoms with E-state index in [-0.39, 0.29) is 19.4 Å². The van der Waals surface area contributed by atoms with Gasteiger partial charge in [0.25, 0.3) is 0 Å². The first-order valence-electron chi connectivity index (χ1n) is 21.4. The molecule has 1 unspecified atom stereocenters. The zero-order valence-electron chi connectivity index (χ0n) is 35.0. The van der Waals surface area contributed by atoms with Gasteiger partial charge in [-0.1, -0.05) is 164 Å². The van der Waals surface area contributed by atoms with E-state index in [1.807, 2.05) is 37.3 Å². The monoisotopic (exact) mass is 826 g/mol. The van der Waals surface area contributed by atoms with E-state index in [1.54, 1.807) is 6.08 Å². The molecular formula is C44H76NO11P. The Morgan fingerprint density at radius 1 is 0.632 bits per heavy atom. The van der Waals surface area contributed by atoms with Crippen LogP contribution in [0.5, 0.6) is 0 Å². The standard InChI is InChI=1S/C44H76NO11P/c1-3-5-6-7-8-9-10-11-12-16-19-22-25-28-31-34-42(47)53-36-40(37-54-57(51,52)55-38-41(45)44(49)50)56-43(48)35-32-29-26-23-20-17-14-13-15-18-21-24-27-30-33-39(46)4-2/h14-15,17-18,23-24,26-27,30,33,39-41,46H,3-13,16,19-22,25,28-29,31-32,34-38,45H2,1-2H3,(H,49,50)(H,51,52)/b17-14-,18-15-,26-23-,27-24-,33-30+/t39-,40-,41+/m1/s1. The molecule has 0 amide bonds. The fourth-order valence-electron chi connectivity index (χ4n) is 5.40. The van der Waals surface area contributed by atoms with Crippen molar-refractivity contribution in [2.24, 2.45) is 5.73 Å². The van der Waals surface area contributed by atoms with Gasteiger partial charge in [0.15, 0.2) is 6.10 Å². The first-order valence-corrected chi connectivity index (χ1v) is 22.9. The van der Waals surface area contributed by atoms with Crippen LogP contribution in [0, 0.1) is 0 Å². The van der Waals surface area contributed by atoms with E-state index >= 15 is 0 Å². The van der Waals surface area contributed by atoms with Crippen molar-refractivity contribution in [3.05, 3.63) is 60.8 Å². The van der Waals surface area contributed by atoms with Crippen LogP contribution in [0.4, 0.5) is 0 Å². The highest BCUT2D eigenvalue weighted by Gasteiger charge is 2.28. The summed E-state index contributed by atoms with van der Waals surface area (Å²) in [4.78, 5) is 45.9. The summed E-state index contributed by atoms with van der Waals surface area (Å²) in [6, 6.07) is -1.54. The number of aliphatic carboxylic acids is 1. The molecule has 0 aliphatic carbocycles. The molecule has 0 radical (unpaired) electrons. The number of hydrogen-bond donors (Lipinski definition) is 4. The maximum atomic E-state index is 12.6. The molecule has 12 nitrogen and oxygen atoms in total. The molecule has 0 fully saturated rings. The lowest BCUT2D eigenvalue weighted by Gasteiger charge is -2.20. The summed E-state index contributed by atoms with van der Waals surface area (Å²) in [6.07, 6.45) is 41.0. The molecule has 0 aromatic heterocycles. The quantitative estimate of drug-likeness (QED) is 0.0151. The molecule has 0 aromatic rings. The molecule has 0 aromatic carbocycles. The number of phosphoric ester groups is 1. The fraction of sp³-hybridized carbons (Fsp3) is 0.705. The minimum absolute atomic E-state index is 0.0682. The second kappa shape index (κ2) is 38.6. The summed E-state index contributed by atoms with van der Waals surface area (Å²) in [5.74, 6) is -2.48. The van der Waals surface area contributed by atoms with Crippen molar-refractivity contribution in [3.8, 4) is 0 Å². The van der Waals surface area contributed by atoms with Crippen molar-refractivity contribution in [1.82, 2.24) is 0 Å². The summed E-state index contributed by atoms with van der Waals surface area (Å²) in [5, 5.41) is 18.4. The average Bonchev–Trinajstić information content (AvgIpc) is 3.19. The number of ether oxygens (including phenoxy) is 2. The maximum Gasteiger partial charge on any atom is 0.472 e. The molecule has 0 aliphatic rings. The highest BCUT2D eigenvalue weighted by atomic mass is 31.2. The topological polar surface area (TPSA) is 192 Å². The van der Waals surface area contributed by atoms with E-state index in [4.69, 9.17) is 24.8 Å². The van der Waals surface area contributed by atoms with Crippen LogP contribution in [-0.4, -0.2) is 71.1 Å². The second-order valence-electron chi connectivity index (χ2n) is 14.3. The number of phosphoric acid groups is 1. The Kier molecular flexibility index (Phi) is 36.7. The summed E-state index contributed by atoms with van der Waals surface area (Å²) < 4.78 is 32.6. The molecule has 5 N–H and O–H groups in total. The Morgan fingerprint density at radius 3 is 1.67 bits per heavy atom. The third kappa shape index (κ3) is 38.4. The summed E-state index contributed by atoms with van der Waals surface area (Å²) >= 11 is 0. The van der Waals surface area contributed by atoms with Crippen LogP contribution in [-0.2, 0) is 37.5 Å². The van der Waals surface area contributed by atoms with E-state index in [2.05, 4.69) is 35.8 Å². The Labute approximate surface area is 343 Å². The van der Waals surface area contributed by atoms with Gasteiger partial charge < -0.3 is 30.3 Å². The molecule has 328 valence electrons. The Bertz CT molecular complexity index is 1220. The Hall–Kier alpha value is -2.86. The summed E-state index contributed by atoms with van der Waals surface area (Å²) in [7, 11) is -4.74. The molecule has 57 heavy (non-hydrogen) atoms. The van der Waals surface area contributed by atoms with Crippen molar-refractivity contribution in [3.63, 3.8) is 0 Å². The van der Waals surface area contributed by atoms with Gasteiger partial charge in [0, 0.05) is 12.8 Å². The van der Waals surface area contributed by atoms with Gasteiger partial charge in [-0.15, -0.1) is 0 Å². The van der Waals surface area contributed by atoms with Crippen LogP contribution < -0.4 is 5.73 Å². The van der Waals surface area contributed by atoms with Crippen LogP contribution in [0.15, 0.2) is 60.8 Å². The van der Waals surface area contributed by atoms with Gasteiger partial charge in [0.1, 0.15) is 12.6 Å². The number of allylic oxidation sites excluding steroid dienone is 9. The van der Waals surface area contributed by atoms with Crippen LogP contribution in [0.1, 0.15) is 162 Å². The van der Waals surface area contributed by atoms with Crippen molar-refractivity contribution in [2.45, 2.75) is 180 Å². The van der Waals surface area contributed by atoms with Crippen molar-refractivity contribution >= 4 is 25.7 Å². The Morgan fingerprint density at radius 2 is 1.12 bits per heavy atom. The maximum absolute atomic E-state index is 12.6. The van der Waals surface area contributed by atoms with E-state index in [0.29, 0.717) is 25.7 Å². The average molecular weight is 826 g/mol. The number of carboxylic acids is 1. The molecule has 13 heteroatoms. The Balaban J connectivity index is 4.49. The van der Waals surface area contributed by atoms with Gasteiger partial charge in [0.05, 0.1) is 19.3 Å². The van der Waals surface area contributed by atoms with Crippen LogP contribution in [0.2, 0.25) is 0 Å². The zero-order chi connectivity index (χ0) is 42.2. The minimum atomic E-state index is -4.74. The SMILES string of the molecule is CCCCCCCCCCCCCCCCCC(=O)OC[C@H](COP(=O)(O)OC[C@H](N)C(=O)O)OC(=O)CCC/C=C\C/C=C\C/C=C\C/C=C\C=C\[C@H](O)CC. The predicted molar refractivity (Wildman–Crippen MR) is 227 cm³/mol. The number of aliphatic hydroxyl groups excluding tert-OH is 1. The van der Waals surface area contributed by atoms with E-state index < -0.39 is 57.2 Å². The van der Waals surface area contributed by atoms with Gasteiger partial charge in [-0.2, -0.15) is 0 Å². The molecule has 0 spiro atoms. The van der Waals surface area contributed by atoms with Crippen molar-refractivity contribution in [1.29, 1.82) is 0 Å². The lowest BCUT2D eigenvalue weighted by Crippen LogP contribution is -2.34. The number of carboxylic acid groups (broad SMARTS) is 1. The third-order valence-corrected chi connectivity index (χ3v) is 9.89. The van der Waals surface area contributed by atoms with E-state index in [1.165, 1.54) is 70.6 Å². The molecule has 0 bridgehead atoms. The predicted octanol–water partition coefficient (Wildman–Crippen LogP) is 10.1. The van der Waals surface area contributed by atoms with Crippen molar-refractivity contribution in [2.75, 3.05) is 19.8 Å². The van der Waals surface area contributed by atoms with Gasteiger partial charge >= 0.3 is 25.7 Å².